The maximum atomic E-state index is 4.24. The highest BCUT2D eigenvalue weighted by atomic mass is 15.0. The van der Waals surface area contributed by atoms with Gasteiger partial charge in [0.25, 0.3) is 0 Å². The van der Waals surface area contributed by atoms with Crippen molar-refractivity contribution in [2.75, 3.05) is 6.54 Å². The molecular weight excluding hydrogens is 162 g/mol. The molecule has 1 aromatic rings. The van der Waals surface area contributed by atoms with E-state index in [-0.39, 0.29) is 0 Å². The Morgan fingerprint density at radius 2 is 2.00 bits per heavy atom. The average Bonchev–Trinajstić information content (AvgIpc) is 2.19. The van der Waals surface area contributed by atoms with Crippen LogP contribution in [0.1, 0.15) is 38.6 Å². The van der Waals surface area contributed by atoms with Crippen LogP contribution in [0.25, 0.3) is 0 Å². The molecule has 0 fully saturated rings. The predicted octanol–water partition coefficient (Wildman–Crippen LogP) is 1.93. The SMILES string of the molecule is CCCC(NCC)c1ncccn1. The Labute approximate surface area is 79.6 Å². The largest absolute Gasteiger partial charge is 0.308 e. The summed E-state index contributed by atoms with van der Waals surface area (Å²) in [4.78, 5) is 8.49. The molecule has 3 nitrogen and oxygen atoms in total. The third kappa shape index (κ3) is 3.11. The smallest absolute Gasteiger partial charge is 0.145 e. The summed E-state index contributed by atoms with van der Waals surface area (Å²) in [6.07, 6.45) is 5.83. The highest BCUT2D eigenvalue weighted by Crippen LogP contribution is 2.12. The van der Waals surface area contributed by atoms with E-state index in [1.165, 1.54) is 0 Å². The van der Waals surface area contributed by atoms with Crippen molar-refractivity contribution in [1.82, 2.24) is 15.3 Å². The summed E-state index contributed by atoms with van der Waals surface area (Å²) >= 11 is 0. The van der Waals surface area contributed by atoms with Gasteiger partial charge >= 0.3 is 0 Å². The molecule has 0 spiro atoms. The summed E-state index contributed by atoms with van der Waals surface area (Å²) in [5, 5.41) is 3.37. The number of hydrogen-bond donors (Lipinski definition) is 1. The van der Waals surface area contributed by atoms with Gasteiger partial charge in [0.05, 0.1) is 6.04 Å². The van der Waals surface area contributed by atoms with Gasteiger partial charge in [-0.15, -0.1) is 0 Å². The van der Waals surface area contributed by atoms with Gasteiger partial charge in [-0.25, -0.2) is 9.97 Å². The van der Waals surface area contributed by atoms with Gasteiger partial charge in [-0.2, -0.15) is 0 Å². The van der Waals surface area contributed by atoms with Gasteiger partial charge in [0.15, 0.2) is 0 Å². The number of aromatic nitrogens is 2. The van der Waals surface area contributed by atoms with Gasteiger partial charge in [0.2, 0.25) is 0 Å². The zero-order valence-corrected chi connectivity index (χ0v) is 8.33. The van der Waals surface area contributed by atoms with E-state index in [0.29, 0.717) is 6.04 Å². The molecule has 3 heteroatoms. The first-order valence-corrected chi connectivity index (χ1v) is 4.88. The molecule has 1 N–H and O–H groups in total. The Kier molecular flexibility index (Phi) is 4.40. The Balaban J connectivity index is 2.64. The number of hydrogen-bond acceptors (Lipinski definition) is 3. The Morgan fingerprint density at radius 3 is 2.54 bits per heavy atom. The molecule has 0 aliphatic rings. The Bertz CT molecular complexity index is 217. The second-order valence-corrected chi connectivity index (χ2v) is 3.01. The molecule has 1 unspecified atom stereocenters. The van der Waals surface area contributed by atoms with E-state index < -0.39 is 0 Å². The maximum Gasteiger partial charge on any atom is 0.145 e. The van der Waals surface area contributed by atoms with Crippen LogP contribution in [0, 0.1) is 0 Å². The van der Waals surface area contributed by atoms with Crippen LogP contribution in [0.2, 0.25) is 0 Å². The standard InChI is InChI=1S/C10H17N3/c1-3-6-9(11-4-2)10-12-7-5-8-13-10/h5,7-9,11H,3-4,6H2,1-2H3. The molecule has 0 aliphatic heterocycles. The van der Waals surface area contributed by atoms with Gasteiger partial charge in [0, 0.05) is 12.4 Å². The zero-order valence-electron chi connectivity index (χ0n) is 8.33. The normalized spacial score (nSPS) is 12.8. The molecule has 0 aromatic carbocycles. The quantitative estimate of drug-likeness (QED) is 0.750. The van der Waals surface area contributed by atoms with Crippen molar-refractivity contribution in [2.24, 2.45) is 0 Å². The Hall–Kier alpha value is -0.960. The summed E-state index contributed by atoms with van der Waals surface area (Å²) in [6, 6.07) is 2.16. The molecule has 1 atom stereocenters. The van der Waals surface area contributed by atoms with E-state index in [2.05, 4.69) is 29.1 Å². The Morgan fingerprint density at radius 1 is 1.31 bits per heavy atom. The number of rotatable bonds is 5. The molecule has 0 saturated carbocycles. The van der Waals surface area contributed by atoms with Crippen LogP contribution in [0.15, 0.2) is 18.5 Å². The molecule has 1 heterocycles. The van der Waals surface area contributed by atoms with Crippen molar-refractivity contribution in [2.45, 2.75) is 32.7 Å². The van der Waals surface area contributed by atoms with Gasteiger partial charge in [-0.1, -0.05) is 20.3 Å². The van der Waals surface area contributed by atoms with Crippen LogP contribution in [-0.4, -0.2) is 16.5 Å². The molecule has 0 radical (unpaired) electrons. The summed E-state index contributed by atoms with van der Waals surface area (Å²) in [6.45, 7) is 5.24. The van der Waals surface area contributed by atoms with Gasteiger partial charge in [0.1, 0.15) is 5.82 Å². The number of nitrogens with zero attached hydrogens (tertiary/aromatic N) is 2. The van der Waals surface area contributed by atoms with Crippen LogP contribution in [0.4, 0.5) is 0 Å². The summed E-state index contributed by atoms with van der Waals surface area (Å²) < 4.78 is 0. The molecule has 0 saturated heterocycles. The first kappa shape index (κ1) is 10.1. The van der Waals surface area contributed by atoms with E-state index in [4.69, 9.17) is 0 Å². The minimum atomic E-state index is 0.316. The van der Waals surface area contributed by atoms with Crippen LogP contribution in [0.3, 0.4) is 0 Å². The van der Waals surface area contributed by atoms with Crippen molar-refractivity contribution in [3.8, 4) is 0 Å². The van der Waals surface area contributed by atoms with Crippen LogP contribution in [0.5, 0.6) is 0 Å². The van der Waals surface area contributed by atoms with E-state index in [0.717, 1.165) is 25.2 Å². The minimum Gasteiger partial charge on any atom is -0.308 e. The third-order valence-electron chi connectivity index (χ3n) is 1.93. The van der Waals surface area contributed by atoms with Crippen molar-refractivity contribution in [3.05, 3.63) is 24.3 Å². The van der Waals surface area contributed by atoms with E-state index in [1.54, 1.807) is 12.4 Å². The van der Waals surface area contributed by atoms with Gasteiger partial charge < -0.3 is 5.32 Å². The highest BCUT2D eigenvalue weighted by molar-refractivity contribution is 4.95. The van der Waals surface area contributed by atoms with Gasteiger partial charge in [-0.05, 0) is 19.0 Å². The number of nitrogens with one attached hydrogen (secondary N) is 1. The van der Waals surface area contributed by atoms with Gasteiger partial charge in [-0.3, -0.25) is 0 Å². The molecule has 13 heavy (non-hydrogen) atoms. The van der Waals surface area contributed by atoms with Crippen molar-refractivity contribution in [3.63, 3.8) is 0 Å². The molecule has 0 amide bonds. The molecular formula is C10H17N3. The summed E-state index contributed by atoms with van der Waals surface area (Å²) in [5.41, 5.74) is 0. The monoisotopic (exact) mass is 179 g/mol. The lowest BCUT2D eigenvalue weighted by Crippen LogP contribution is -2.22. The molecule has 72 valence electrons. The summed E-state index contributed by atoms with van der Waals surface area (Å²) in [7, 11) is 0. The topological polar surface area (TPSA) is 37.8 Å². The lowest BCUT2D eigenvalue weighted by atomic mass is 10.1. The van der Waals surface area contributed by atoms with E-state index in [1.807, 2.05) is 6.07 Å². The lowest BCUT2D eigenvalue weighted by molar-refractivity contribution is 0.485. The first-order valence-electron chi connectivity index (χ1n) is 4.88. The highest BCUT2D eigenvalue weighted by Gasteiger charge is 2.10. The van der Waals surface area contributed by atoms with Crippen LogP contribution >= 0.6 is 0 Å². The molecule has 0 aliphatic carbocycles. The van der Waals surface area contributed by atoms with Crippen molar-refractivity contribution < 1.29 is 0 Å². The minimum absolute atomic E-state index is 0.316. The van der Waals surface area contributed by atoms with Crippen LogP contribution in [-0.2, 0) is 0 Å². The summed E-state index contributed by atoms with van der Waals surface area (Å²) in [5.74, 6) is 0.909. The van der Waals surface area contributed by atoms with E-state index >= 15 is 0 Å². The third-order valence-corrected chi connectivity index (χ3v) is 1.93. The fraction of sp³-hybridized carbons (Fsp3) is 0.600. The van der Waals surface area contributed by atoms with Crippen molar-refractivity contribution in [1.29, 1.82) is 0 Å². The second-order valence-electron chi connectivity index (χ2n) is 3.01. The lowest BCUT2D eigenvalue weighted by Gasteiger charge is -2.14. The zero-order chi connectivity index (χ0) is 9.52. The second kappa shape index (κ2) is 5.65. The van der Waals surface area contributed by atoms with E-state index in [9.17, 15) is 0 Å². The fourth-order valence-corrected chi connectivity index (χ4v) is 1.35. The molecule has 0 bridgehead atoms. The first-order chi connectivity index (χ1) is 6.38. The fourth-order valence-electron chi connectivity index (χ4n) is 1.35. The molecule has 1 aromatic heterocycles. The predicted molar refractivity (Wildman–Crippen MR) is 53.4 cm³/mol. The molecule has 1 rings (SSSR count). The average molecular weight is 179 g/mol. The maximum absolute atomic E-state index is 4.24. The van der Waals surface area contributed by atoms with Crippen molar-refractivity contribution >= 4 is 0 Å². The van der Waals surface area contributed by atoms with Crippen LogP contribution < -0.4 is 5.32 Å².